The van der Waals surface area contributed by atoms with Gasteiger partial charge in [-0.1, -0.05) is 34.6 Å². The number of aromatic nitrogens is 1. The van der Waals surface area contributed by atoms with Crippen molar-refractivity contribution in [2.75, 3.05) is 5.32 Å². The first kappa shape index (κ1) is 14.7. The molecule has 0 saturated heterocycles. The van der Waals surface area contributed by atoms with Crippen LogP contribution in [-0.2, 0) is 10.2 Å². The van der Waals surface area contributed by atoms with E-state index in [1.54, 1.807) is 6.20 Å². The molecule has 0 unspecified atom stereocenters. The van der Waals surface area contributed by atoms with Crippen LogP contribution < -0.4 is 5.32 Å². The minimum Gasteiger partial charge on any atom is -0.326 e. The molecule has 0 spiro atoms. The number of nitrogens with one attached hydrogen (secondary N) is 1. The normalized spacial score (nSPS) is 11.7. The van der Waals surface area contributed by atoms with E-state index in [4.69, 9.17) is 0 Å². The van der Waals surface area contributed by atoms with Gasteiger partial charge >= 0.3 is 0 Å². The molecule has 100 valence electrons. The molecule has 0 aliphatic rings. The second-order valence-corrected chi connectivity index (χ2v) is 5.68. The fraction of sp³-hybridized carbons (Fsp3) is 0.600. The lowest BCUT2D eigenvalue weighted by Crippen LogP contribution is -2.22. The van der Waals surface area contributed by atoms with Crippen molar-refractivity contribution in [3.63, 3.8) is 0 Å². The van der Waals surface area contributed by atoms with Crippen molar-refractivity contribution < 1.29 is 4.79 Å². The first-order chi connectivity index (χ1) is 8.38. The number of carbonyl (C=O) groups is 1. The van der Waals surface area contributed by atoms with Gasteiger partial charge in [0.15, 0.2) is 0 Å². The van der Waals surface area contributed by atoms with E-state index in [1.807, 2.05) is 26.0 Å². The Kier molecular flexibility index (Phi) is 4.88. The third-order valence-corrected chi connectivity index (χ3v) is 3.15. The zero-order chi connectivity index (χ0) is 13.8. The van der Waals surface area contributed by atoms with E-state index in [9.17, 15) is 4.79 Å². The van der Waals surface area contributed by atoms with Crippen molar-refractivity contribution in [3.8, 4) is 0 Å². The van der Waals surface area contributed by atoms with Crippen LogP contribution in [0, 0.1) is 5.92 Å². The molecule has 0 aromatic carbocycles. The van der Waals surface area contributed by atoms with Gasteiger partial charge in [0.05, 0.1) is 0 Å². The van der Waals surface area contributed by atoms with E-state index in [2.05, 4.69) is 31.1 Å². The summed E-state index contributed by atoms with van der Waals surface area (Å²) in [5, 5.41) is 2.98. The highest BCUT2D eigenvalue weighted by Gasteiger charge is 2.17. The summed E-state index contributed by atoms with van der Waals surface area (Å²) in [6, 6.07) is 3.80. The first-order valence-corrected chi connectivity index (χ1v) is 6.65. The monoisotopic (exact) mass is 248 g/mol. The lowest BCUT2D eigenvalue weighted by molar-refractivity contribution is -0.120. The van der Waals surface area contributed by atoms with Gasteiger partial charge < -0.3 is 5.32 Å². The van der Waals surface area contributed by atoms with Crippen LogP contribution in [0.2, 0.25) is 0 Å². The summed E-state index contributed by atoms with van der Waals surface area (Å²) in [6.45, 7) is 10.4. The maximum atomic E-state index is 12.0. The van der Waals surface area contributed by atoms with Gasteiger partial charge in [-0.25, -0.2) is 0 Å². The number of pyridine rings is 1. The Labute approximate surface area is 110 Å². The Morgan fingerprint density at radius 1 is 1.33 bits per heavy atom. The maximum absolute atomic E-state index is 12.0. The molecule has 0 bridgehead atoms. The summed E-state index contributed by atoms with van der Waals surface area (Å²) in [4.78, 5) is 16.4. The van der Waals surface area contributed by atoms with Crippen LogP contribution >= 0.6 is 0 Å². The van der Waals surface area contributed by atoms with Crippen LogP contribution in [0.5, 0.6) is 0 Å². The Balaban J connectivity index is 2.83. The van der Waals surface area contributed by atoms with Crippen molar-refractivity contribution >= 4 is 11.6 Å². The predicted molar refractivity (Wildman–Crippen MR) is 75.6 cm³/mol. The predicted octanol–water partition coefficient (Wildman–Crippen LogP) is 3.75. The summed E-state index contributed by atoms with van der Waals surface area (Å²) >= 11 is 0. The molecule has 1 heterocycles. The molecule has 1 aromatic heterocycles. The number of carbonyl (C=O) groups excluding carboxylic acids is 1. The van der Waals surface area contributed by atoms with Gasteiger partial charge in [0, 0.05) is 28.9 Å². The lowest BCUT2D eigenvalue weighted by atomic mass is 9.91. The van der Waals surface area contributed by atoms with E-state index >= 15 is 0 Å². The number of rotatable bonds is 4. The van der Waals surface area contributed by atoms with Gasteiger partial charge in [0.25, 0.3) is 0 Å². The van der Waals surface area contributed by atoms with E-state index in [0.717, 1.165) is 24.2 Å². The average Bonchev–Trinajstić information content (AvgIpc) is 2.29. The third-order valence-electron chi connectivity index (χ3n) is 3.15. The summed E-state index contributed by atoms with van der Waals surface area (Å²) in [5.74, 6) is 0.197. The molecule has 0 atom stereocenters. The molecular formula is C15H24N2O. The van der Waals surface area contributed by atoms with Gasteiger partial charge in [0.2, 0.25) is 5.91 Å². The topological polar surface area (TPSA) is 42.0 Å². The zero-order valence-corrected chi connectivity index (χ0v) is 12.1. The van der Waals surface area contributed by atoms with Crippen LogP contribution in [0.3, 0.4) is 0 Å². The minimum atomic E-state index is -0.00431. The molecule has 1 amide bonds. The van der Waals surface area contributed by atoms with Crippen LogP contribution in [-0.4, -0.2) is 10.9 Å². The largest absolute Gasteiger partial charge is 0.326 e. The SMILES string of the molecule is CCC(CC)C(=O)Nc1ccnc(C(C)(C)C)c1. The molecule has 0 saturated carbocycles. The summed E-state index contributed by atoms with van der Waals surface area (Å²) in [6.07, 6.45) is 3.50. The fourth-order valence-electron chi connectivity index (χ4n) is 1.82. The molecule has 3 heteroatoms. The Morgan fingerprint density at radius 3 is 2.44 bits per heavy atom. The molecule has 0 radical (unpaired) electrons. The van der Waals surface area contributed by atoms with Gasteiger partial charge in [-0.2, -0.15) is 0 Å². The van der Waals surface area contributed by atoms with Crippen molar-refractivity contribution in [2.24, 2.45) is 5.92 Å². The molecule has 0 fully saturated rings. The van der Waals surface area contributed by atoms with E-state index in [-0.39, 0.29) is 17.2 Å². The van der Waals surface area contributed by atoms with Gasteiger partial charge in [-0.05, 0) is 25.0 Å². The number of hydrogen-bond donors (Lipinski definition) is 1. The molecule has 1 rings (SSSR count). The third kappa shape index (κ3) is 3.83. The number of amides is 1. The lowest BCUT2D eigenvalue weighted by Gasteiger charge is -2.19. The number of nitrogens with zero attached hydrogens (tertiary/aromatic N) is 1. The highest BCUT2D eigenvalue weighted by atomic mass is 16.1. The molecule has 1 N–H and O–H groups in total. The highest BCUT2D eigenvalue weighted by molar-refractivity contribution is 5.92. The van der Waals surface area contributed by atoms with Crippen LogP contribution in [0.4, 0.5) is 5.69 Å². The second-order valence-electron chi connectivity index (χ2n) is 5.68. The fourth-order valence-corrected chi connectivity index (χ4v) is 1.82. The van der Waals surface area contributed by atoms with Crippen molar-refractivity contribution in [3.05, 3.63) is 24.0 Å². The standard InChI is InChI=1S/C15H24N2O/c1-6-11(7-2)14(18)17-12-8-9-16-13(10-12)15(3,4)5/h8-11H,6-7H2,1-5H3,(H,16,17,18). The van der Waals surface area contributed by atoms with Gasteiger partial charge in [-0.15, -0.1) is 0 Å². The molecular weight excluding hydrogens is 224 g/mol. The van der Waals surface area contributed by atoms with Crippen molar-refractivity contribution in [1.82, 2.24) is 4.98 Å². The molecule has 18 heavy (non-hydrogen) atoms. The quantitative estimate of drug-likeness (QED) is 0.881. The molecule has 1 aromatic rings. The van der Waals surface area contributed by atoms with Crippen LogP contribution in [0.15, 0.2) is 18.3 Å². The molecule has 3 nitrogen and oxygen atoms in total. The molecule has 0 aliphatic carbocycles. The Morgan fingerprint density at radius 2 is 1.94 bits per heavy atom. The minimum absolute atomic E-state index is 0.00431. The first-order valence-electron chi connectivity index (χ1n) is 6.65. The van der Waals surface area contributed by atoms with Gasteiger partial charge in [0.1, 0.15) is 0 Å². The van der Waals surface area contributed by atoms with Crippen molar-refractivity contribution in [2.45, 2.75) is 52.9 Å². The van der Waals surface area contributed by atoms with Crippen LogP contribution in [0.1, 0.15) is 53.2 Å². The Hall–Kier alpha value is -1.38. The van der Waals surface area contributed by atoms with E-state index in [0.29, 0.717) is 0 Å². The van der Waals surface area contributed by atoms with Crippen LogP contribution in [0.25, 0.3) is 0 Å². The van der Waals surface area contributed by atoms with Crippen molar-refractivity contribution in [1.29, 1.82) is 0 Å². The zero-order valence-electron chi connectivity index (χ0n) is 12.1. The summed E-state index contributed by atoms with van der Waals surface area (Å²) in [5.41, 5.74) is 1.83. The van der Waals surface area contributed by atoms with E-state index < -0.39 is 0 Å². The average molecular weight is 248 g/mol. The number of hydrogen-bond acceptors (Lipinski definition) is 2. The van der Waals surface area contributed by atoms with E-state index in [1.165, 1.54) is 0 Å². The molecule has 0 aliphatic heterocycles. The van der Waals surface area contributed by atoms with Gasteiger partial charge in [-0.3, -0.25) is 9.78 Å². The smallest absolute Gasteiger partial charge is 0.227 e. The second kappa shape index (κ2) is 5.98. The number of anilines is 1. The Bertz CT molecular complexity index is 403. The maximum Gasteiger partial charge on any atom is 0.227 e. The summed E-state index contributed by atoms with van der Waals surface area (Å²) < 4.78 is 0. The summed E-state index contributed by atoms with van der Waals surface area (Å²) in [7, 11) is 0. The highest BCUT2D eigenvalue weighted by Crippen LogP contribution is 2.22.